The molecular weight excluding hydrogens is 373 g/mol. The van der Waals surface area contributed by atoms with Crippen LogP contribution >= 0.6 is 0 Å². The summed E-state index contributed by atoms with van der Waals surface area (Å²) >= 11 is 0. The average molecular weight is 392 g/mol. The molecule has 2 aromatic rings. The summed E-state index contributed by atoms with van der Waals surface area (Å²) in [6.45, 7) is 0.551. The van der Waals surface area contributed by atoms with Gasteiger partial charge in [0.05, 0.1) is 23.5 Å². The van der Waals surface area contributed by atoms with E-state index < -0.39 is 21.9 Å². The van der Waals surface area contributed by atoms with Crippen molar-refractivity contribution >= 4 is 27.5 Å². The second-order valence-electron chi connectivity index (χ2n) is 6.32. The SMILES string of the molecule is NS(=O)(=O)c1ccc(CC[NH2+][C@H]2CC(=O)N(c3ccc(F)cc3)C2=O)cc1. The smallest absolute Gasteiger partial charge is 0.292 e. The third-order valence-corrected chi connectivity index (χ3v) is 5.33. The minimum absolute atomic E-state index is 0.0433. The first kappa shape index (κ1) is 19.2. The number of imide groups is 1. The lowest BCUT2D eigenvalue weighted by atomic mass is 10.1. The van der Waals surface area contributed by atoms with Gasteiger partial charge in [0.15, 0.2) is 6.04 Å². The van der Waals surface area contributed by atoms with Crippen LogP contribution in [0.25, 0.3) is 0 Å². The first-order valence-electron chi connectivity index (χ1n) is 8.33. The topological polar surface area (TPSA) is 114 Å². The fourth-order valence-corrected chi connectivity index (χ4v) is 3.51. The van der Waals surface area contributed by atoms with Gasteiger partial charge in [0.2, 0.25) is 15.9 Å². The number of carbonyl (C=O) groups is 2. The van der Waals surface area contributed by atoms with Gasteiger partial charge >= 0.3 is 0 Å². The van der Waals surface area contributed by atoms with Crippen molar-refractivity contribution in [2.45, 2.75) is 23.8 Å². The molecule has 27 heavy (non-hydrogen) atoms. The quantitative estimate of drug-likeness (QED) is 0.669. The number of primary sulfonamides is 1. The third kappa shape index (κ3) is 4.38. The van der Waals surface area contributed by atoms with Gasteiger partial charge in [-0.25, -0.2) is 22.8 Å². The van der Waals surface area contributed by atoms with Crippen LogP contribution in [0.5, 0.6) is 0 Å². The molecule has 1 aliphatic rings. The Bertz CT molecular complexity index is 959. The summed E-state index contributed by atoms with van der Waals surface area (Å²) in [7, 11) is -3.72. The lowest BCUT2D eigenvalue weighted by Crippen LogP contribution is -2.92. The number of hydrogen-bond acceptors (Lipinski definition) is 4. The van der Waals surface area contributed by atoms with Gasteiger partial charge < -0.3 is 5.32 Å². The molecule has 1 fully saturated rings. The average Bonchev–Trinajstić information content (AvgIpc) is 2.89. The summed E-state index contributed by atoms with van der Waals surface area (Å²) in [6, 6.07) is 10.9. The van der Waals surface area contributed by atoms with E-state index >= 15 is 0 Å². The fraction of sp³-hybridized carbons (Fsp3) is 0.222. The standard InChI is InChI=1S/C18H18FN3O4S/c19-13-3-5-14(6-4-13)22-17(23)11-16(18(22)24)21-10-9-12-1-7-15(8-2-12)27(20,25)26/h1-8,16,21H,9-11H2,(H2,20,25,26)/p+1/t16-/m0/s1. The maximum atomic E-state index is 13.0. The Labute approximate surface area is 156 Å². The summed E-state index contributed by atoms with van der Waals surface area (Å²) in [6.07, 6.45) is 0.681. The van der Waals surface area contributed by atoms with Gasteiger partial charge in [0.1, 0.15) is 5.82 Å². The molecule has 1 atom stereocenters. The zero-order valence-corrected chi connectivity index (χ0v) is 15.2. The highest BCUT2D eigenvalue weighted by molar-refractivity contribution is 7.89. The zero-order valence-electron chi connectivity index (χ0n) is 14.3. The molecule has 2 amide bonds. The molecule has 0 bridgehead atoms. The number of nitrogens with zero attached hydrogens (tertiary/aromatic N) is 1. The monoisotopic (exact) mass is 392 g/mol. The van der Waals surface area contributed by atoms with Crippen LogP contribution in [0.1, 0.15) is 12.0 Å². The van der Waals surface area contributed by atoms with E-state index in [-0.39, 0.29) is 23.1 Å². The molecule has 1 saturated heterocycles. The molecule has 9 heteroatoms. The van der Waals surface area contributed by atoms with Crippen molar-refractivity contribution < 1.29 is 27.7 Å². The van der Waals surface area contributed by atoms with Crippen LogP contribution in [0.2, 0.25) is 0 Å². The van der Waals surface area contributed by atoms with Gasteiger partial charge in [-0.15, -0.1) is 0 Å². The van der Waals surface area contributed by atoms with E-state index in [4.69, 9.17) is 5.14 Å². The molecule has 2 aromatic carbocycles. The Morgan fingerprint density at radius 2 is 1.70 bits per heavy atom. The van der Waals surface area contributed by atoms with E-state index in [1.165, 1.54) is 36.4 Å². The van der Waals surface area contributed by atoms with Crippen molar-refractivity contribution in [3.63, 3.8) is 0 Å². The Morgan fingerprint density at radius 3 is 2.30 bits per heavy atom. The summed E-state index contributed by atoms with van der Waals surface area (Å²) in [5.41, 5.74) is 1.26. The molecule has 0 aromatic heterocycles. The highest BCUT2D eigenvalue weighted by atomic mass is 32.2. The lowest BCUT2D eigenvalue weighted by Gasteiger charge is -2.14. The number of rotatable bonds is 6. The number of halogens is 1. The molecule has 0 unspecified atom stereocenters. The van der Waals surface area contributed by atoms with E-state index in [0.29, 0.717) is 18.7 Å². The number of amides is 2. The van der Waals surface area contributed by atoms with Crippen molar-refractivity contribution in [3.05, 3.63) is 59.9 Å². The Balaban J connectivity index is 1.58. The number of hydrogen-bond donors (Lipinski definition) is 2. The first-order valence-corrected chi connectivity index (χ1v) is 9.88. The number of anilines is 1. The molecule has 0 radical (unpaired) electrons. The molecule has 1 heterocycles. The van der Waals surface area contributed by atoms with Crippen molar-refractivity contribution in [3.8, 4) is 0 Å². The van der Waals surface area contributed by atoms with Crippen LogP contribution < -0.4 is 15.4 Å². The second-order valence-corrected chi connectivity index (χ2v) is 7.88. The molecular formula is C18H19FN3O4S+. The van der Waals surface area contributed by atoms with Crippen LogP contribution in [0.3, 0.4) is 0 Å². The maximum Gasteiger partial charge on any atom is 0.292 e. The van der Waals surface area contributed by atoms with Crippen LogP contribution in [-0.4, -0.2) is 32.8 Å². The normalized spacial score (nSPS) is 17.6. The summed E-state index contributed by atoms with van der Waals surface area (Å²) in [4.78, 5) is 25.8. The van der Waals surface area contributed by atoms with Gasteiger partial charge in [-0.2, -0.15) is 0 Å². The number of sulfonamides is 1. The fourth-order valence-electron chi connectivity index (χ4n) is 3.00. The highest BCUT2D eigenvalue weighted by Gasteiger charge is 2.42. The molecule has 7 nitrogen and oxygen atoms in total. The van der Waals surface area contributed by atoms with E-state index in [9.17, 15) is 22.4 Å². The second kappa shape index (κ2) is 7.55. The predicted octanol–water partition coefficient (Wildman–Crippen LogP) is -0.0889. The number of quaternary nitrogens is 1. The summed E-state index contributed by atoms with van der Waals surface area (Å²) in [5.74, 6) is -1.07. The van der Waals surface area contributed by atoms with Crippen molar-refractivity contribution in [2.24, 2.45) is 5.14 Å². The van der Waals surface area contributed by atoms with Crippen LogP contribution in [0.4, 0.5) is 10.1 Å². The van der Waals surface area contributed by atoms with Crippen molar-refractivity contribution in [1.29, 1.82) is 0 Å². The van der Waals surface area contributed by atoms with Crippen LogP contribution in [-0.2, 0) is 26.0 Å². The Kier molecular flexibility index (Phi) is 5.36. The number of carbonyl (C=O) groups excluding carboxylic acids is 2. The molecule has 0 saturated carbocycles. The molecule has 4 N–H and O–H groups in total. The maximum absolute atomic E-state index is 13.0. The number of nitrogens with two attached hydrogens (primary N) is 2. The molecule has 1 aliphatic heterocycles. The highest BCUT2D eigenvalue weighted by Crippen LogP contribution is 2.21. The van der Waals surface area contributed by atoms with E-state index in [2.05, 4.69) is 0 Å². The van der Waals surface area contributed by atoms with Crippen molar-refractivity contribution in [1.82, 2.24) is 0 Å². The van der Waals surface area contributed by atoms with Crippen LogP contribution in [0, 0.1) is 5.82 Å². The molecule has 0 spiro atoms. The molecule has 3 rings (SSSR count). The first-order chi connectivity index (χ1) is 12.8. The van der Waals surface area contributed by atoms with E-state index in [0.717, 1.165) is 10.5 Å². The van der Waals surface area contributed by atoms with Gasteiger partial charge in [0, 0.05) is 6.42 Å². The van der Waals surface area contributed by atoms with Gasteiger partial charge in [-0.05, 0) is 42.0 Å². The zero-order chi connectivity index (χ0) is 19.6. The molecule has 0 aliphatic carbocycles. The van der Waals surface area contributed by atoms with Gasteiger partial charge in [-0.3, -0.25) is 9.59 Å². The third-order valence-electron chi connectivity index (χ3n) is 4.40. The van der Waals surface area contributed by atoms with Gasteiger partial charge in [0.25, 0.3) is 5.91 Å². The summed E-state index contributed by atoms with van der Waals surface area (Å²) in [5, 5.41) is 6.85. The van der Waals surface area contributed by atoms with E-state index in [1.54, 1.807) is 17.4 Å². The number of benzene rings is 2. The van der Waals surface area contributed by atoms with Crippen LogP contribution in [0.15, 0.2) is 53.4 Å². The molecule has 142 valence electrons. The van der Waals surface area contributed by atoms with Crippen molar-refractivity contribution in [2.75, 3.05) is 11.4 Å². The summed E-state index contributed by atoms with van der Waals surface area (Å²) < 4.78 is 35.5. The minimum atomic E-state index is -3.72. The Morgan fingerprint density at radius 1 is 1.07 bits per heavy atom. The lowest BCUT2D eigenvalue weighted by molar-refractivity contribution is -0.674. The largest absolute Gasteiger partial charge is 0.335 e. The minimum Gasteiger partial charge on any atom is -0.335 e. The van der Waals surface area contributed by atoms with Gasteiger partial charge in [-0.1, -0.05) is 12.1 Å². The van der Waals surface area contributed by atoms with E-state index in [1.807, 2.05) is 0 Å². The Hall–Kier alpha value is -2.62. The predicted molar refractivity (Wildman–Crippen MR) is 95.6 cm³/mol.